The number of amides is 1. The summed E-state index contributed by atoms with van der Waals surface area (Å²) in [5, 5.41) is 5.65. The number of piperazine rings is 1. The highest BCUT2D eigenvalue weighted by Crippen LogP contribution is 2.27. The summed E-state index contributed by atoms with van der Waals surface area (Å²) in [4.78, 5) is 21.5. The average molecular weight is 360 g/mol. The first-order valence-electron chi connectivity index (χ1n) is 8.67. The van der Waals surface area contributed by atoms with E-state index in [2.05, 4.69) is 15.2 Å². The van der Waals surface area contributed by atoms with E-state index in [4.69, 9.17) is 0 Å². The van der Waals surface area contributed by atoms with Crippen LogP contribution in [0.2, 0.25) is 0 Å². The van der Waals surface area contributed by atoms with Crippen molar-refractivity contribution in [2.75, 3.05) is 39.3 Å². The quantitative estimate of drug-likeness (QED) is 0.910. The average Bonchev–Trinajstić information content (AvgIpc) is 3.32. The number of nitrogens with one attached hydrogen (secondary N) is 1. The lowest BCUT2D eigenvalue weighted by atomic mass is 10.2. The van der Waals surface area contributed by atoms with E-state index >= 15 is 0 Å². The Morgan fingerprint density at radius 1 is 1.24 bits per heavy atom. The molecule has 25 heavy (non-hydrogen) atoms. The largest absolute Gasteiger partial charge is 0.336 e. The molecule has 1 amide bonds. The summed E-state index contributed by atoms with van der Waals surface area (Å²) >= 11 is 1.32. The molecule has 2 aromatic rings. The van der Waals surface area contributed by atoms with Crippen LogP contribution in [0, 0.1) is 5.82 Å². The number of rotatable bonds is 3. The summed E-state index contributed by atoms with van der Waals surface area (Å²) in [7, 11) is 0. The first-order valence-corrected chi connectivity index (χ1v) is 9.55. The fourth-order valence-electron chi connectivity index (χ4n) is 3.56. The minimum Gasteiger partial charge on any atom is -0.336 e. The van der Waals surface area contributed by atoms with Crippen molar-refractivity contribution in [2.45, 2.75) is 12.5 Å². The second-order valence-electron chi connectivity index (χ2n) is 6.50. The Balaban J connectivity index is 1.44. The predicted octanol–water partition coefficient (Wildman–Crippen LogP) is 2.07. The zero-order valence-electron chi connectivity index (χ0n) is 13.9. The van der Waals surface area contributed by atoms with E-state index in [1.165, 1.54) is 17.4 Å². The van der Waals surface area contributed by atoms with Crippen molar-refractivity contribution in [1.29, 1.82) is 0 Å². The van der Waals surface area contributed by atoms with Gasteiger partial charge in [0.15, 0.2) is 0 Å². The molecule has 1 aromatic carbocycles. The topological polar surface area (TPSA) is 48.5 Å². The Kier molecular flexibility index (Phi) is 4.78. The van der Waals surface area contributed by atoms with Gasteiger partial charge in [-0.1, -0.05) is 12.1 Å². The first kappa shape index (κ1) is 16.6. The van der Waals surface area contributed by atoms with Crippen molar-refractivity contribution in [3.05, 3.63) is 41.2 Å². The van der Waals surface area contributed by atoms with Gasteiger partial charge in [-0.05, 0) is 18.6 Å². The summed E-state index contributed by atoms with van der Waals surface area (Å²) in [6, 6.07) is 6.98. The first-order chi connectivity index (χ1) is 12.2. The SMILES string of the molecule is O=C(c1csc(-c2ccccc2F)n1)N1CCC(N2CCNCC2)C1. The zero-order chi connectivity index (χ0) is 17.2. The highest BCUT2D eigenvalue weighted by atomic mass is 32.1. The minimum absolute atomic E-state index is 0.0449. The van der Waals surface area contributed by atoms with Gasteiger partial charge < -0.3 is 10.2 Å². The van der Waals surface area contributed by atoms with Gasteiger partial charge in [-0.3, -0.25) is 9.69 Å². The van der Waals surface area contributed by atoms with Crippen LogP contribution in [0.15, 0.2) is 29.6 Å². The highest BCUT2D eigenvalue weighted by molar-refractivity contribution is 7.13. The van der Waals surface area contributed by atoms with Crippen molar-refractivity contribution >= 4 is 17.2 Å². The number of aromatic nitrogens is 1. The van der Waals surface area contributed by atoms with Gasteiger partial charge in [0.1, 0.15) is 16.5 Å². The van der Waals surface area contributed by atoms with Crippen LogP contribution in [-0.4, -0.2) is 66.0 Å². The van der Waals surface area contributed by atoms with E-state index in [0.717, 1.165) is 45.7 Å². The van der Waals surface area contributed by atoms with E-state index in [1.807, 2.05) is 4.90 Å². The molecular formula is C18H21FN4OS. The van der Waals surface area contributed by atoms with Crippen LogP contribution in [-0.2, 0) is 0 Å². The number of nitrogens with zero attached hydrogens (tertiary/aromatic N) is 3. The molecule has 7 heteroatoms. The number of likely N-dealkylation sites (tertiary alicyclic amines) is 1. The molecule has 4 rings (SSSR count). The molecule has 0 bridgehead atoms. The van der Waals surface area contributed by atoms with E-state index in [-0.39, 0.29) is 11.7 Å². The Hall–Kier alpha value is -1.83. The third-order valence-corrected chi connectivity index (χ3v) is 5.82. The van der Waals surface area contributed by atoms with Gasteiger partial charge in [0, 0.05) is 56.3 Å². The summed E-state index contributed by atoms with van der Waals surface area (Å²) in [5.41, 5.74) is 0.871. The second-order valence-corrected chi connectivity index (χ2v) is 7.36. The zero-order valence-corrected chi connectivity index (χ0v) is 14.8. The van der Waals surface area contributed by atoms with Gasteiger partial charge in [0.05, 0.1) is 0 Å². The number of benzene rings is 1. The molecule has 2 aliphatic rings. The second kappa shape index (κ2) is 7.19. The van der Waals surface area contributed by atoms with E-state index in [0.29, 0.717) is 22.3 Å². The van der Waals surface area contributed by atoms with E-state index in [9.17, 15) is 9.18 Å². The van der Waals surface area contributed by atoms with Crippen LogP contribution in [0.4, 0.5) is 4.39 Å². The molecule has 1 atom stereocenters. The van der Waals surface area contributed by atoms with Gasteiger partial charge in [-0.2, -0.15) is 0 Å². The fraction of sp³-hybridized carbons (Fsp3) is 0.444. The van der Waals surface area contributed by atoms with Crippen LogP contribution >= 0.6 is 11.3 Å². The Bertz CT molecular complexity index is 759. The van der Waals surface area contributed by atoms with E-state index in [1.54, 1.807) is 23.6 Å². The fourth-order valence-corrected chi connectivity index (χ4v) is 4.38. The molecule has 0 radical (unpaired) electrons. The number of thiazole rings is 1. The van der Waals surface area contributed by atoms with Crippen LogP contribution in [0.25, 0.3) is 10.6 Å². The summed E-state index contributed by atoms with van der Waals surface area (Å²) < 4.78 is 13.9. The molecule has 3 heterocycles. The predicted molar refractivity (Wildman–Crippen MR) is 96.3 cm³/mol. The van der Waals surface area contributed by atoms with Gasteiger partial charge in [0.2, 0.25) is 0 Å². The monoisotopic (exact) mass is 360 g/mol. The van der Waals surface area contributed by atoms with Crippen molar-refractivity contribution in [3.63, 3.8) is 0 Å². The number of halogens is 1. The number of hydrogen-bond acceptors (Lipinski definition) is 5. The molecule has 0 saturated carbocycles. The molecule has 0 aliphatic carbocycles. The molecule has 2 fully saturated rings. The summed E-state index contributed by atoms with van der Waals surface area (Å²) in [6.45, 7) is 5.64. The Morgan fingerprint density at radius 2 is 2.04 bits per heavy atom. The molecule has 1 aromatic heterocycles. The molecule has 2 saturated heterocycles. The van der Waals surface area contributed by atoms with Crippen LogP contribution in [0.1, 0.15) is 16.9 Å². The third kappa shape index (κ3) is 3.44. The van der Waals surface area contributed by atoms with Gasteiger partial charge in [-0.15, -0.1) is 11.3 Å². The molecule has 0 spiro atoms. The molecule has 5 nitrogen and oxygen atoms in total. The van der Waals surface area contributed by atoms with Crippen LogP contribution < -0.4 is 5.32 Å². The molecule has 1 unspecified atom stereocenters. The van der Waals surface area contributed by atoms with Crippen molar-refractivity contribution in [2.24, 2.45) is 0 Å². The molecular weight excluding hydrogens is 339 g/mol. The van der Waals surface area contributed by atoms with Crippen LogP contribution in [0.3, 0.4) is 0 Å². The van der Waals surface area contributed by atoms with Crippen molar-refractivity contribution in [3.8, 4) is 10.6 Å². The van der Waals surface area contributed by atoms with Gasteiger partial charge in [-0.25, -0.2) is 9.37 Å². The highest BCUT2D eigenvalue weighted by Gasteiger charge is 2.32. The Morgan fingerprint density at radius 3 is 2.84 bits per heavy atom. The lowest BCUT2D eigenvalue weighted by molar-refractivity contribution is 0.0768. The molecule has 2 aliphatic heterocycles. The maximum absolute atomic E-state index is 13.9. The number of carbonyl (C=O) groups is 1. The lowest BCUT2D eigenvalue weighted by Gasteiger charge is -2.32. The maximum Gasteiger partial charge on any atom is 0.273 e. The smallest absolute Gasteiger partial charge is 0.273 e. The van der Waals surface area contributed by atoms with E-state index < -0.39 is 0 Å². The minimum atomic E-state index is -0.309. The van der Waals surface area contributed by atoms with Crippen LogP contribution in [0.5, 0.6) is 0 Å². The molecule has 132 valence electrons. The summed E-state index contributed by atoms with van der Waals surface area (Å²) in [5.74, 6) is -0.354. The normalized spacial score (nSPS) is 21.6. The number of carbonyl (C=O) groups excluding carboxylic acids is 1. The van der Waals surface area contributed by atoms with Gasteiger partial charge in [0.25, 0.3) is 5.91 Å². The third-order valence-electron chi connectivity index (χ3n) is 4.95. The molecule has 1 N–H and O–H groups in total. The number of hydrogen-bond donors (Lipinski definition) is 1. The van der Waals surface area contributed by atoms with Crippen molar-refractivity contribution in [1.82, 2.24) is 20.1 Å². The van der Waals surface area contributed by atoms with Gasteiger partial charge >= 0.3 is 0 Å². The maximum atomic E-state index is 13.9. The summed E-state index contributed by atoms with van der Waals surface area (Å²) in [6.07, 6.45) is 1.01. The lowest BCUT2D eigenvalue weighted by Crippen LogP contribution is -2.49. The standard InChI is InChI=1S/C18H21FN4OS/c19-15-4-2-1-3-14(15)17-21-16(12-25-17)18(24)23-8-5-13(11-23)22-9-6-20-7-10-22/h1-4,12-13,20H,5-11H2. The Labute approximate surface area is 150 Å². The van der Waals surface area contributed by atoms with Crippen molar-refractivity contribution < 1.29 is 9.18 Å².